The molecule has 3 aromatic carbocycles. The van der Waals surface area contributed by atoms with Crippen LogP contribution in [-0.2, 0) is 11.0 Å². The number of carbonyl (C=O) groups is 1. The highest BCUT2D eigenvalue weighted by molar-refractivity contribution is 6.18. The average molecular weight is 466 g/mol. The first-order valence-electron chi connectivity index (χ1n) is 10.7. The summed E-state index contributed by atoms with van der Waals surface area (Å²) in [6.45, 7) is 3.51. The molecule has 3 rings (SSSR count). The molecule has 0 saturated heterocycles. The van der Waals surface area contributed by atoms with Gasteiger partial charge in [0.05, 0.1) is 18.2 Å². The van der Waals surface area contributed by atoms with Crippen LogP contribution in [0.2, 0.25) is 0 Å². The predicted octanol–water partition coefficient (Wildman–Crippen LogP) is 7.65. The van der Waals surface area contributed by atoms with Crippen molar-refractivity contribution in [1.82, 2.24) is 0 Å². The third-order valence-corrected chi connectivity index (χ3v) is 5.45. The number of aryl methyl sites for hydroxylation is 1. The van der Waals surface area contributed by atoms with Crippen LogP contribution in [0, 0.1) is 6.92 Å². The Morgan fingerprint density at radius 2 is 1.56 bits per heavy atom. The minimum atomic E-state index is -4.56. The third-order valence-electron chi connectivity index (χ3n) is 5.45. The van der Waals surface area contributed by atoms with Crippen molar-refractivity contribution in [3.05, 3.63) is 101 Å². The molecule has 3 aromatic rings. The molecule has 0 aliphatic rings. The SMILES string of the molecule is CC/C=C(/C=C(/C(=O)O)c1cc(C(F)(F)F)ccc1C)c1ccc(-c2ccc(OC)cc2)cc1. The number of methoxy groups -OCH3 is 1. The van der Waals surface area contributed by atoms with E-state index >= 15 is 0 Å². The Morgan fingerprint density at radius 3 is 2.06 bits per heavy atom. The van der Waals surface area contributed by atoms with E-state index < -0.39 is 17.7 Å². The molecule has 0 spiro atoms. The monoisotopic (exact) mass is 466 g/mol. The molecule has 0 bridgehead atoms. The van der Waals surface area contributed by atoms with E-state index in [0.29, 0.717) is 17.6 Å². The second-order valence-electron chi connectivity index (χ2n) is 7.76. The molecule has 0 radical (unpaired) electrons. The second-order valence-corrected chi connectivity index (χ2v) is 7.76. The van der Waals surface area contributed by atoms with Gasteiger partial charge in [0.15, 0.2) is 0 Å². The van der Waals surface area contributed by atoms with Crippen molar-refractivity contribution in [1.29, 1.82) is 0 Å². The zero-order valence-corrected chi connectivity index (χ0v) is 19.1. The van der Waals surface area contributed by atoms with E-state index in [1.807, 2.05) is 61.5 Å². The Morgan fingerprint density at radius 1 is 0.971 bits per heavy atom. The summed E-state index contributed by atoms with van der Waals surface area (Å²) in [5.41, 5.74) is 2.77. The predicted molar refractivity (Wildman–Crippen MR) is 128 cm³/mol. The maximum Gasteiger partial charge on any atom is 0.416 e. The molecule has 0 saturated carbocycles. The van der Waals surface area contributed by atoms with Crippen molar-refractivity contribution in [2.75, 3.05) is 7.11 Å². The number of ether oxygens (including phenoxy) is 1. The van der Waals surface area contributed by atoms with Gasteiger partial charge in [-0.3, -0.25) is 0 Å². The van der Waals surface area contributed by atoms with Gasteiger partial charge in [0.2, 0.25) is 0 Å². The molecule has 3 nitrogen and oxygen atoms in total. The molecule has 0 fully saturated rings. The van der Waals surface area contributed by atoms with Crippen LogP contribution in [0.3, 0.4) is 0 Å². The summed E-state index contributed by atoms with van der Waals surface area (Å²) in [7, 11) is 1.60. The maximum atomic E-state index is 13.2. The first kappa shape index (κ1) is 24.8. The number of alkyl halides is 3. The standard InChI is InChI=1S/C28H25F3O3/c1-4-5-22(21-9-7-19(8-10-21)20-11-14-24(34-3)15-12-20)16-26(27(32)33)25-17-23(28(29,30)31)13-6-18(25)2/h5-17H,4H2,1-3H3,(H,32,33)/b22-5-,26-16+. The van der Waals surface area contributed by atoms with Crippen molar-refractivity contribution < 1.29 is 27.8 Å². The van der Waals surface area contributed by atoms with Crippen molar-refractivity contribution in [3.8, 4) is 16.9 Å². The topological polar surface area (TPSA) is 46.5 Å². The van der Waals surface area contributed by atoms with Crippen LogP contribution >= 0.6 is 0 Å². The lowest BCUT2D eigenvalue weighted by Gasteiger charge is -2.13. The molecule has 0 aliphatic heterocycles. The molecular formula is C28H25F3O3. The van der Waals surface area contributed by atoms with Crippen molar-refractivity contribution >= 4 is 17.1 Å². The van der Waals surface area contributed by atoms with Crippen LogP contribution in [0.25, 0.3) is 22.3 Å². The Labute approximate surface area is 196 Å². The van der Waals surface area contributed by atoms with E-state index in [2.05, 4.69) is 0 Å². The van der Waals surface area contributed by atoms with E-state index in [-0.39, 0.29) is 11.1 Å². The molecule has 176 valence electrons. The first-order chi connectivity index (χ1) is 16.1. The zero-order valence-electron chi connectivity index (χ0n) is 19.1. The minimum absolute atomic E-state index is 0.0409. The molecule has 0 atom stereocenters. The fraction of sp³-hybridized carbons (Fsp3) is 0.179. The number of rotatable bonds is 7. The fourth-order valence-electron chi connectivity index (χ4n) is 3.62. The summed E-state index contributed by atoms with van der Waals surface area (Å²) in [4.78, 5) is 12.1. The zero-order chi connectivity index (χ0) is 24.9. The normalized spacial score (nSPS) is 12.5. The van der Waals surface area contributed by atoms with Crippen molar-refractivity contribution in [2.24, 2.45) is 0 Å². The number of carboxylic acid groups (broad SMARTS) is 1. The quantitative estimate of drug-likeness (QED) is 0.287. The Balaban J connectivity index is 2.03. The summed E-state index contributed by atoms with van der Waals surface area (Å²) >= 11 is 0. The van der Waals surface area contributed by atoms with Gasteiger partial charge in [0, 0.05) is 0 Å². The van der Waals surface area contributed by atoms with E-state index in [1.165, 1.54) is 12.1 Å². The number of halogens is 3. The van der Waals surface area contributed by atoms with E-state index in [9.17, 15) is 23.1 Å². The lowest BCUT2D eigenvalue weighted by Crippen LogP contribution is -2.08. The van der Waals surface area contributed by atoms with Gasteiger partial charge in [0.25, 0.3) is 0 Å². The number of hydrogen-bond acceptors (Lipinski definition) is 2. The number of allylic oxidation sites excluding steroid dienone is 3. The third kappa shape index (κ3) is 5.76. The molecule has 0 aromatic heterocycles. The Bertz CT molecular complexity index is 1220. The smallest absolute Gasteiger partial charge is 0.416 e. The van der Waals surface area contributed by atoms with Crippen molar-refractivity contribution in [3.63, 3.8) is 0 Å². The van der Waals surface area contributed by atoms with E-state index in [1.54, 1.807) is 14.0 Å². The van der Waals surface area contributed by atoms with Crippen LogP contribution in [0.1, 0.15) is 35.6 Å². The highest BCUT2D eigenvalue weighted by atomic mass is 19.4. The molecular weight excluding hydrogens is 441 g/mol. The average Bonchev–Trinajstić information content (AvgIpc) is 2.81. The van der Waals surface area contributed by atoms with Gasteiger partial charge in [-0.25, -0.2) is 4.79 Å². The first-order valence-corrected chi connectivity index (χ1v) is 10.7. The Hall–Kier alpha value is -3.80. The second kappa shape index (κ2) is 10.4. The van der Waals surface area contributed by atoms with Gasteiger partial charge < -0.3 is 9.84 Å². The number of carboxylic acids is 1. The summed E-state index contributed by atoms with van der Waals surface area (Å²) in [6, 6.07) is 18.3. The molecule has 6 heteroatoms. The highest BCUT2D eigenvalue weighted by Crippen LogP contribution is 2.34. The van der Waals surface area contributed by atoms with Gasteiger partial charge in [-0.05, 0) is 77.1 Å². The molecule has 0 amide bonds. The maximum absolute atomic E-state index is 13.2. The van der Waals surface area contributed by atoms with E-state index in [0.717, 1.165) is 34.6 Å². The van der Waals surface area contributed by atoms with E-state index in [4.69, 9.17) is 4.74 Å². The van der Waals surface area contributed by atoms with Gasteiger partial charge in [-0.2, -0.15) is 13.2 Å². The van der Waals surface area contributed by atoms with Crippen LogP contribution < -0.4 is 4.74 Å². The van der Waals surface area contributed by atoms with Gasteiger partial charge >= 0.3 is 12.1 Å². The largest absolute Gasteiger partial charge is 0.497 e. The number of hydrogen-bond donors (Lipinski definition) is 1. The highest BCUT2D eigenvalue weighted by Gasteiger charge is 2.31. The van der Waals surface area contributed by atoms with Crippen LogP contribution in [0.4, 0.5) is 13.2 Å². The van der Waals surface area contributed by atoms with Crippen molar-refractivity contribution in [2.45, 2.75) is 26.4 Å². The van der Waals surface area contributed by atoms with Gasteiger partial charge in [0.1, 0.15) is 5.75 Å². The summed E-state index contributed by atoms with van der Waals surface area (Å²) in [5, 5.41) is 9.86. The number of benzene rings is 3. The molecule has 34 heavy (non-hydrogen) atoms. The van der Waals surface area contributed by atoms with Crippen LogP contribution in [0.5, 0.6) is 5.75 Å². The summed E-state index contributed by atoms with van der Waals surface area (Å²) in [5.74, 6) is -0.538. The lowest BCUT2D eigenvalue weighted by atomic mass is 9.93. The van der Waals surface area contributed by atoms with Gasteiger partial charge in [-0.1, -0.05) is 55.5 Å². The van der Waals surface area contributed by atoms with Gasteiger partial charge in [-0.15, -0.1) is 0 Å². The molecule has 0 aliphatic carbocycles. The Kier molecular flexibility index (Phi) is 7.61. The lowest BCUT2D eigenvalue weighted by molar-refractivity contribution is -0.137. The number of aliphatic carboxylic acids is 1. The summed E-state index contributed by atoms with van der Waals surface area (Å²) < 4.78 is 44.9. The molecule has 0 unspecified atom stereocenters. The summed E-state index contributed by atoms with van der Waals surface area (Å²) in [6.07, 6.45) is -0.642. The fourth-order valence-corrected chi connectivity index (χ4v) is 3.62. The van der Waals surface area contributed by atoms with Crippen LogP contribution in [0.15, 0.2) is 78.9 Å². The molecule has 1 N–H and O–H groups in total. The minimum Gasteiger partial charge on any atom is -0.497 e. The van der Waals surface area contributed by atoms with Crippen LogP contribution in [-0.4, -0.2) is 18.2 Å². The molecule has 0 heterocycles.